The van der Waals surface area contributed by atoms with E-state index in [4.69, 9.17) is 0 Å². The van der Waals surface area contributed by atoms with Crippen LogP contribution in [0, 0.1) is 5.92 Å². The average Bonchev–Trinajstić information content (AvgIpc) is 2.84. The van der Waals surface area contributed by atoms with Gasteiger partial charge in [-0.3, -0.25) is 4.98 Å². The predicted molar refractivity (Wildman–Crippen MR) is 86.1 cm³/mol. The fourth-order valence-corrected chi connectivity index (χ4v) is 2.14. The molecule has 0 atom stereocenters. The maximum atomic E-state index is 4.42. The van der Waals surface area contributed by atoms with Crippen molar-refractivity contribution in [1.29, 1.82) is 0 Å². The Balaban J connectivity index is 1.97. The van der Waals surface area contributed by atoms with E-state index < -0.39 is 0 Å². The van der Waals surface area contributed by atoms with Gasteiger partial charge in [0.1, 0.15) is 5.82 Å². The highest BCUT2D eigenvalue weighted by Crippen LogP contribution is 2.15. The topological polar surface area (TPSA) is 46.0 Å². The van der Waals surface area contributed by atoms with Gasteiger partial charge in [0.2, 0.25) is 0 Å². The van der Waals surface area contributed by atoms with Gasteiger partial charge in [-0.25, -0.2) is 4.98 Å². The SMILES string of the molecule is CC(C)CNCc1cc(N(C)Cc2nccn2C)ccn1. The zero-order valence-electron chi connectivity index (χ0n) is 13.4. The molecule has 0 aliphatic heterocycles. The third kappa shape index (κ3) is 4.56. The lowest BCUT2D eigenvalue weighted by molar-refractivity contribution is 0.548. The van der Waals surface area contributed by atoms with E-state index in [2.05, 4.69) is 47.1 Å². The molecule has 1 N–H and O–H groups in total. The highest BCUT2D eigenvalue weighted by atomic mass is 15.2. The first-order valence-electron chi connectivity index (χ1n) is 7.39. The summed E-state index contributed by atoms with van der Waals surface area (Å²) in [5, 5.41) is 3.42. The van der Waals surface area contributed by atoms with Crippen LogP contribution in [-0.2, 0) is 20.1 Å². The highest BCUT2D eigenvalue weighted by Gasteiger charge is 2.07. The Kier molecular flexibility index (Phi) is 5.33. The molecule has 2 aromatic heterocycles. The van der Waals surface area contributed by atoms with Gasteiger partial charge >= 0.3 is 0 Å². The number of pyridine rings is 1. The summed E-state index contributed by atoms with van der Waals surface area (Å²) in [6.07, 6.45) is 5.67. The van der Waals surface area contributed by atoms with Crippen LogP contribution in [0.1, 0.15) is 25.4 Å². The van der Waals surface area contributed by atoms with Crippen molar-refractivity contribution < 1.29 is 0 Å². The van der Waals surface area contributed by atoms with E-state index in [1.807, 2.05) is 36.3 Å². The van der Waals surface area contributed by atoms with Crippen LogP contribution in [0.4, 0.5) is 5.69 Å². The first-order chi connectivity index (χ1) is 10.1. The number of hydrogen-bond donors (Lipinski definition) is 1. The van der Waals surface area contributed by atoms with E-state index in [-0.39, 0.29) is 0 Å². The Morgan fingerprint density at radius 2 is 2.10 bits per heavy atom. The quantitative estimate of drug-likeness (QED) is 0.848. The first-order valence-corrected chi connectivity index (χ1v) is 7.39. The van der Waals surface area contributed by atoms with Crippen molar-refractivity contribution in [2.45, 2.75) is 26.9 Å². The molecule has 2 heterocycles. The average molecular weight is 287 g/mol. The molecule has 0 aromatic carbocycles. The van der Waals surface area contributed by atoms with E-state index in [9.17, 15) is 0 Å². The fraction of sp³-hybridized carbons (Fsp3) is 0.500. The van der Waals surface area contributed by atoms with Crippen LogP contribution >= 0.6 is 0 Å². The third-order valence-electron chi connectivity index (χ3n) is 3.40. The van der Waals surface area contributed by atoms with Crippen molar-refractivity contribution in [1.82, 2.24) is 19.9 Å². The van der Waals surface area contributed by atoms with Crippen LogP contribution < -0.4 is 10.2 Å². The lowest BCUT2D eigenvalue weighted by Gasteiger charge is -2.19. The molecule has 0 bridgehead atoms. The van der Waals surface area contributed by atoms with Crippen molar-refractivity contribution in [3.63, 3.8) is 0 Å². The van der Waals surface area contributed by atoms with Gasteiger partial charge in [0.05, 0.1) is 12.2 Å². The summed E-state index contributed by atoms with van der Waals surface area (Å²) >= 11 is 0. The van der Waals surface area contributed by atoms with Crippen molar-refractivity contribution in [2.75, 3.05) is 18.5 Å². The smallest absolute Gasteiger partial charge is 0.127 e. The third-order valence-corrected chi connectivity index (χ3v) is 3.40. The van der Waals surface area contributed by atoms with Gasteiger partial charge in [-0.2, -0.15) is 0 Å². The molecule has 0 radical (unpaired) electrons. The highest BCUT2D eigenvalue weighted by molar-refractivity contribution is 5.45. The number of anilines is 1. The maximum Gasteiger partial charge on any atom is 0.127 e. The number of rotatable bonds is 7. The summed E-state index contributed by atoms with van der Waals surface area (Å²) in [7, 11) is 4.10. The van der Waals surface area contributed by atoms with Crippen molar-refractivity contribution in [2.24, 2.45) is 13.0 Å². The molecule has 0 fully saturated rings. The fourth-order valence-electron chi connectivity index (χ4n) is 2.14. The Hall–Kier alpha value is -1.88. The van der Waals surface area contributed by atoms with Gasteiger partial charge in [0, 0.05) is 44.9 Å². The summed E-state index contributed by atoms with van der Waals surface area (Å²) in [5.41, 5.74) is 2.23. The Bertz CT molecular complexity index is 561. The molecular weight excluding hydrogens is 262 g/mol. The summed E-state index contributed by atoms with van der Waals surface area (Å²) in [5.74, 6) is 1.70. The molecule has 0 saturated heterocycles. The number of imidazole rings is 1. The van der Waals surface area contributed by atoms with Crippen LogP contribution in [0.2, 0.25) is 0 Å². The largest absolute Gasteiger partial charge is 0.367 e. The molecule has 2 aromatic rings. The number of aryl methyl sites for hydroxylation is 1. The Labute approximate surface area is 127 Å². The van der Waals surface area contributed by atoms with Crippen molar-refractivity contribution in [3.05, 3.63) is 42.2 Å². The van der Waals surface area contributed by atoms with E-state index >= 15 is 0 Å². The molecule has 0 unspecified atom stereocenters. The van der Waals surface area contributed by atoms with E-state index in [0.29, 0.717) is 5.92 Å². The first kappa shape index (κ1) is 15.5. The van der Waals surface area contributed by atoms with Crippen LogP contribution in [0.25, 0.3) is 0 Å². The van der Waals surface area contributed by atoms with Crippen LogP contribution in [0.15, 0.2) is 30.7 Å². The molecule has 2 rings (SSSR count). The van der Waals surface area contributed by atoms with Gasteiger partial charge in [0.25, 0.3) is 0 Å². The second-order valence-electron chi connectivity index (χ2n) is 5.84. The molecule has 0 saturated carbocycles. The van der Waals surface area contributed by atoms with E-state index in [0.717, 1.165) is 36.8 Å². The van der Waals surface area contributed by atoms with E-state index in [1.165, 1.54) is 0 Å². The standard InChI is InChI=1S/C16H25N5/c1-13(2)10-17-11-14-9-15(5-6-18-14)21(4)12-16-19-7-8-20(16)3/h5-9,13,17H,10-12H2,1-4H3. The number of hydrogen-bond acceptors (Lipinski definition) is 4. The summed E-state index contributed by atoms with van der Waals surface area (Å²) in [4.78, 5) is 11.0. The molecule has 0 aliphatic carbocycles. The molecule has 5 heteroatoms. The summed E-state index contributed by atoms with van der Waals surface area (Å²) in [6.45, 7) is 7.01. The van der Waals surface area contributed by atoms with Crippen molar-refractivity contribution in [3.8, 4) is 0 Å². The van der Waals surface area contributed by atoms with Crippen LogP contribution in [0.5, 0.6) is 0 Å². The number of aromatic nitrogens is 3. The number of nitrogens with one attached hydrogen (secondary N) is 1. The van der Waals surface area contributed by atoms with Gasteiger partial charge < -0.3 is 14.8 Å². The lowest BCUT2D eigenvalue weighted by atomic mass is 10.2. The lowest BCUT2D eigenvalue weighted by Crippen LogP contribution is -2.21. The Morgan fingerprint density at radius 1 is 1.29 bits per heavy atom. The number of nitrogens with zero attached hydrogens (tertiary/aromatic N) is 4. The maximum absolute atomic E-state index is 4.42. The Morgan fingerprint density at radius 3 is 2.76 bits per heavy atom. The molecule has 0 spiro atoms. The predicted octanol–water partition coefficient (Wildman–Crippen LogP) is 2.20. The summed E-state index contributed by atoms with van der Waals surface area (Å²) < 4.78 is 2.04. The van der Waals surface area contributed by atoms with Crippen LogP contribution in [-0.4, -0.2) is 28.1 Å². The molecular formula is C16H25N5. The minimum atomic E-state index is 0.652. The van der Waals surface area contributed by atoms with Gasteiger partial charge in [0.15, 0.2) is 0 Å². The minimum absolute atomic E-state index is 0.652. The zero-order valence-corrected chi connectivity index (χ0v) is 13.4. The summed E-state index contributed by atoms with van der Waals surface area (Å²) in [6, 6.07) is 4.17. The zero-order chi connectivity index (χ0) is 15.2. The minimum Gasteiger partial charge on any atom is -0.367 e. The van der Waals surface area contributed by atoms with Crippen molar-refractivity contribution >= 4 is 5.69 Å². The second-order valence-corrected chi connectivity index (χ2v) is 5.84. The second kappa shape index (κ2) is 7.22. The normalized spacial score (nSPS) is 11.1. The van der Waals surface area contributed by atoms with Crippen LogP contribution in [0.3, 0.4) is 0 Å². The van der Waals surface area contributed by atoms with Gasteiger partial charge in [-0.05, 0) is 24.6 Å². The van der Waals surface area contributed by atoms with Gasteiger partial charge in [-0.1, -0.05) is 13.8 Å². The van der Waals surface area contributed by atoms with Gasteiger partial charge in [-0.15, -0.1) is 0 Å². The molecule has 21 heavy (non-hydrogen) atoms. The van der Waals surface area contributed by atoms with E-state index in [1.54, 1.807) is 0 Å². The molecule has 0 aliphatic rings. The molecule has 114 valence electrons. The molecule has 0 amide bonds. The monoisotopic (exact) mass is 287 g/mol. The molecule has 5 nitrogen and oxygen atoms in total.